The molecule has 1 aliphatic rings. The summed E-state index contributed by atoms with van der Waals surface area (Å²) in [6.45, 7) is 5.39. The zero-order valence-electron chi connectivity index (χ0n) is 16.2. The van der Waals surface area contributed by atoms with Crippen molar-refractivity contribution in [3.05, 3.63) is 96.1 Å². The summed E-state index contributed by atoms with van der Waals surface area (Å²) < 4.78 is 0. The Bertz CT molecular complexity index is 1020. The minimum absolute atomic E-state index is 0.0565. The Kier molecular flexibility index (Phi) is 4.74. The first-order valence-corrected chi connectivity index (χ1v) is 9.55. The number of rotatable bonds is 4. The summed E-state index contributed by atoms with van der Waals surface area (Å²) in [7, 11) is 0. The Morgan fingerprint density at radius 2 is 1.54 bits per heavy atom. The third-order valence-electron chi connectivity index (χ3n) is 5.16. The zero-order chi connectivity index (χ0) is 19.6. The Morgan fingerprint density at radius 1 is 0.893 bits per heavy atom. The molecular formula is C25H24N2O. The summed E-state index contributed by atoms with van der Waals surface area (Å²) in [6.07, 6.45) is 3.40. The first-order valence-electron chi connectivity index (χ1n) is 9.55. The van der Waals surface area contributed by atoms with Crippen LogP contribution in [0.1, 0.15) is 25.0 Å². The minimum Gasteiger partial charge on any atom is -0.339 e. The fourth-order valence-corrected chi connectivity index (χ4v) is 3.79. The fourth-order valence-electron chi connectivity index (χ4n) is 3.79. The van der Waals surface area contributed by atoms with E-state index in [1.54, 1.807) is 6.08 Å². The van der Waals surface area contributed by atoms with Crippen LogP contribution in [0.2, 0.25) is 0 Å². The van der Waals surface area contributed by atoms with Crippen molar-refractivity contribution in [1.82, 2.24) is 0 Å². The molecule has 0 saturated heterocycles. The van der Waals surface area contributed by atoms with E-state index >= 15 is 0 Å². The first kappa shape index (κ1) is 18.1. The van der Waals surface area contributed by atoms with Gasteiger partial charge in [-0.25, -0.2) is 0 Å². The molecule has 0 radical (unpaired) electrons. The summed E-state index contributed by atoms with van der Waals surface area (Å²) in [4.78, 5) is 14.8. The summed E-state index contributed by atoms with van der Waals surface area (Å²) in [5, 5.41) is 3.05. The van der Waals surface area contributed by atoms with Crippen molar-refractivity contribution in [2.45, 2.75) is 19.3 Å². The Hall–Kier alpha value is -3.33. The number of nitrogens with zero attached hydrogens (tertiary/aromatic N) is 1. The van der Waals surface area contributed by atoms with E-state index in [4.69, 9.17) is 0 Å². The second-order valence-electron chi connectivity index (χ2n) is 7.74. The van der Waals surface area contributed by atoms with Crippen LogP contribution < -0.4 is 10.2 Å². The number of nitrogens with one attached hydrogen (secondary N) is 1. The van der Waals surface area contributed by atoms with Gasteiger partial charge >= 0.3 is 0 Å². The summed E-state index contributed by atoms with van der Waals surface area (Å²) in [6, 6.07) is 26.3. The maximum atomic E-state index is 12.5. The standard InChI is InChI=1S/C25H24N2O/c1-25(2)18-27(22-14-8-6-12-20(22)25)23-15-9-7-13-21(23)26-24(28)17-16-19-10-4-3-5-11-19/h3-17H,18H2,1-2H3,(H,26,28)/b17-16+. The highest BCUT2D eigenvalue weighted by Crippen LogP contribution is 2.45. The van der Waals surface area contributed by atoms with Gasteiger partial charge in [-0.1, -0.05) is 74.5 Å². The molecule has 4 rings (SSSR count). The van der Waals surface area contributed by atoms with Crippen molar-refractivity contribution in [3.63, 3.8) is 0 Å². The van der Waals surface area contributed by atoms with Gasteiger partial charge in [-0.3, -0.25) is 4.79 Å². The van der Waals surface area contributed by atoms with E-state index in [0.29, 0.717) is 0 Å². The lowest BCUT2D eigenvalue weighted by Crippen LogP contribution is -2.25. The molecule has 1 aliphatic heterocycles. The second kappa shape index (κ2) is 7.35. The third kappa shape index (κ3) is 3.56. The number of carbonyl (C=O) groups is 1. The van der Waals surface area contributed by atoms with Crippen molar-refractivity contribution in [2.75, 3.05) is 16.8 Å². The molecule has 0 unspecified atom stereocenters. The fraction of sp³-hybridized carbons (Fsp3) is 0.160. The lowest BCUT2D eigenvalue weighted by molar-refractivity contribution is -0.111. The van der Waals surface area contributed by atoms with Crippen LogP contribution in [0.3, 0.4) is 0 Å². The highest BCUT2D eigenvalue weighted by molar-refractivity contribution is 6.04. The highest BCUT2D eigenvalue weighted by atomic mass is 16.1. The monoisotopic (exact) mass is 368 g/mol. The van der Waals surface area contributed by atoms with Crippen LogP contribution in [0.15, 0.2) is 84.9 Å². The predicted octanol–water partition coefficient (Wildman–Crippen LogP) is 5.77. The van der Waals surface area contributed by atoms with E-state index in [1.807, 2.05) is 54.6 Å². The lowest BCUT2D eigenvalue weighted by Gasteiger charge is -2.25. The molecule has 0 saturated carbocycles. The van der Waals surface area contributed by atoms with E-state index < -0.39 is 0 Å². The van der Waals surface area contributed by atoms with Crippen molar-refractivity contribution < 1.29 is 4.79 Å². The molecule has 3 aromatic carbocycles. The van der Waals surface area contributed by atoms with E-state index in [9.17, 15) is 4.79 Å². The molecule has 0 atom stereocenters. The summed E-state index contributed by atoms with van der Waals surface area (Å²) >= 11 is 0. The molecule has 3 heteroatoms. The molecule has 0 fully saturated rings. The van der Waals surface area contributed by atoms with E-state index in [2.05, 4.69) is 54.4 Å². The number of benzene rings is 3. The van der Waals surface area contributed by atoms with Crippen LogP contribution in [-0.2, 0) is 10.2 Å². The van der Waals surface area contributed by atoms with E-state index in [0.717, 1.165) is 23.5 Å². The number of anilines is 3. The van der Waals surface area contributed by atoms with E-state index in [1.165, 1.54) is 11.3 Å². The second-order valence-corrected chi connectivity index (χ2v) is 7.74. The lowest BCUT2D eigenvalue weighted by atomic mass is 9.87. The Balaban J connectivity index is 1.60. The third-order valence-corrected chi connectivity index (χ3v) is 5.16. The highest BCUT2D eigenvalue weighted by Gasteiger charge is 2.36. The number of hydrogen-bond donors (Lipinski definition) is 1. The van der Waals surface area contributed by atoms with Crippen LogP contribution in [-0.4, -0.2) is 12.5 Å². The maximum absolute atomic E-state index is 12.5. The average molecular weight is 368 g/mol. The quantitative estimate of drug-likeness (QED) is 0.593. The number of amides is 1. The first-order chi connectivity index (χ1) is 13.5. The van der Waals surface area contributed by atoms with Gasteiger partial charge in [0, 0.05) is 23.7 Å². The average Bonchev–Trinajstić information content (AvgIpc) is 2.99. The smallest absolute Gasteiger partial charge is 0.248 e. The minimum atomic E-state index is -0.136. The number of carbonyl (C=O) groups excluding carboxylic acids is 1. The summed E-state index contributed by atoms with van der Waals surface area (Å²) in [5.41, 5.74) is 5.43. The van der Waals surface area contributed by atoms with Gasteiger partial charge < -0.3 is 10.2 Å². The van der Waals surface area contributed by atoms with Gasteiger partial charge in [0.1, 0.15) is 0 Å². The van der Waals surface area contributed by atoms with Crippen LogP contribution in [0.5, 0.6) is 0 Å². The van der Waals surface area contributed by atoms with Gasteiger partial charge in [0.15, 0.2) is 0 Å². The molecule has 1 N–H and O–H groups in total. The molecule has 140 valence electrons. The largest absolute Gasteiger partial charge is 0.339 e. The van der Waals surface area contributed by atoms with Gasteiger partial charge in [-0.2, -0.15) is 0 Å². The molecule has 3 aromatic rings. The van der Waals surface area contributed by atoms with Gasteiger partial charge in [-0.15, -0.1) is 0 Å². The predicted molar refractivity (Wildman–Crippen MR) is 117 cm³/mol. The Morgan fingerprint density at radius 3 is 2.32 bits per heavy atom. The SMILES string of the molecule is CC1(C)CN(c2ccccc2NC(=O)/C=C/c2ccccc2)c2ccccc21. The molecule has 28 heavy (non-hydrogen) atoms. The van der Waals surface area contributed by atoms with Crippen molar-refractivity contribution in [3.8, 4) is 0 Å². The molecule has 0 spiro atoms. The maximum Gasteiger partial charge on any atom is 0.248 e. The van der Waals surface area contributed by atoms with Crippen molar-refractivity contribution in [2.24, 2.45) is 0 Å². The zero-order valence-corrected chi connectivity index (χ0v) is 16.2. The van der Waals surface area contributed by atoms with Crippen molar-refractivity contribution in [1.29, 1.82) is 0 Å². The normalized spacial score (nSPS) is 14.9. The van der Waals surface area contributed by atoms with Gasteiger partial charge in [0.25, 0.3) is 0 Å². The van der Waals surface area contributed by atoms with E-state index in [-0.39, 0.29) is 11.3 Å². The molecular weight excluding hydrogens is 344 g/mol. The molecule has 3 nitrogen and oxygen atoms in total. The topological polar surface area (TPSA) is 32.3 Å². The van der Waals surface area contributed by atoms with Crippen molar-refractivity contribution >= 4 is 29.0 Å². The number of fused-ring (bicyclic) bond motifs is 1. The van der Waals surface area contributed by atoms with Crippen LogP contribution >= 0.6 is 0 Å². The molecule has 0 bridgehead atoms. The number of hydrogen-bond acceptors (Lipinski definition) is 2. The molecule has 1 heterocycles. The summed E-state index contributed by atoms with van der Waals surface area (Å²) in [5.74, 6) is -0.136. The molecule has 0 aromatic heterocycles. The van der Waals surface area contributed by atoms with Crippen LogP contribution in [0, 0.1) is 0 Å². The van der Waals surface area contributed by atoms with Gasteiger partial charge in [0.2, 0.25) is 5.91 Å². The molecule has 0 aliphatic carbocycles. The van der Waals surface area contributed by atoms with Crippen LogP contribution in [0.25, 0.3) is 6.08 Å². The van der Waals surface area contributed by atoms with Crippen LogP contribution in [0.4, 0.5) is 17.1 Å². The van der Waals surface area contributed by atoms with Gasteiger partial charge in [0.05, 0.1) is 11.4 Å². The molecule has 1 amide bonds. The Labute approximate surface area is 166 Å². The number of para-hydroxylation sites is 3. The van der Waals surface area contributed by atoms with Gasteiger partial charge in [-0.05, 0) is 35.4 Å².